The Bertz CT molecular complexity index is 1280. The minimum atomic E-state index is -0.259. The highest BCUT2D eigenvalue weighted by atomic mass is 16.5. The second-order valence-corrected chi connectivity index (χ2v) is 7.60. The molecule has 1 atom stereocenters. The van der Waals surface area contributed by atoms with Crippen molar-refractivity contribution in [2.75, 3.05) is 13.1 Å². The SMILES string of the molecule is O=C(Cc1n[nH]c(=O)c2ccccc12)N1CCCC(c2nc(-c3cccnc3)no2)C1. The van der Waals surface area contributed by atoms with E-state index in [9.17, 15) is 9.59 Å². The Labute approximate surface area is 177 Å². The lowest BCUT2D eigenvalue weighted by molar-refractivity contribution is -0.131. The molecule has 1 amide bonds. The lowest BCUT2D eigenvalue weighted by atomic mass is 9.97. The molecule has 31 heavy (non-hydrogen) atoms. The van der Waals surface area contributed by atoms with E-state index < -0.39 is 0 Å². The number of amides is 1. The molecule has 0 saturated carbocycles. The van der Waals surface area contributed by atoms with Crippen LogP contribution < -0.4 is 5.56 Å². The number of rotatable bonds is 4. The number of fused-ring (bicyclic) bond motifs is 1. The molecule has 1 saturated heterocycles. The molecular weight excluding hydrogens is 396 g/mol. The Morgan fingerprint density at radius 1 is 1.19 bits per heavy atom. The van der Waals surface area contributed by atoms with E-state index in [2.05, 4.69) is 25.3 Å². The molecule has 1 aliphatic heterocycles. The molecule has 5 rings (SSSR count). The predicted molar refractivity (Wildman–Crippen MR) is 112 cm³/mol. The fraction of sp³-hybridized carbons (Fsp3) is 0.273. The molecule has 1 unspecified atom stereocenters. The number of carbonyl (C=O) groups is 1. The number of likely N-dealkylation sites (tertiary alicyclic amines) is 1. The number of aromatic nitrogens is 5. The van der Waals surface area contributed by atoms with Crippen molar-refractivity contribution < 1.29 is 9.32 Å². The smallest absolute Gasteiger partial charge is 0.272 e. The van der Waals surface area contributed by atoms with Gasteiger partial charge < -0.3 is 9.42 Å². The summed E-state index contributed by atoms with van der Waals surface area (Å²) in [7, 11) is 0. The van der Waals surface area contributed by atoms with Gasteiger partial charge in [-0.05, 0) is 31.0 Å². The van der Waals surface area contributed by atoms with Crippen molar-refractivity contribution in [1.29, 1.82) is 0 Å². The monoisotopic (exact) mass is 416 g/mol. The molecule has 4 heterocycles. The van der Waals surface area contributed by atoms with Gasteiger partial charge in [0.2, 0.25) is 17.6 Å². The maximum atomic E-state index is 13.0. The first kappa shape index (κ1) is 19.1. The summed E-state index contributed by atoms with van der Waals surface area (Å²) in [5, 5.41) is 11.9. The Morgan fingerprint density at radius 3 is 2.90 bits per heavy atom. The molecule has 9 nitrogen and oxygen atoms in total. The van der Waals surface area contributed by atoms with Crippen LogP contribution in [0, 0.1) is 0 Å². The van der Waals surface area contributed by atoms with Crippen molar-refractivity contribution in [1.82, 2.24) is 30.2 Å². The predicted octanol–water partition coefficient (Wildman–Crippen LogP) is 2.32. The first-order valence-electron chi connectivity index (χ1n) is 10.2. The first-order chi connectivity index (χ1) is 15.2. The Balaban J connectivity index is 1.32. The van der Waals surface area contributed by atoms with Crippen LogP contribution in [0.1, 0.15) is 30.3 Å². The van der Waals surface area contributed by atoms with E-state index in [0.29, 0.717) is 41.3 Å². The van der Waals surface area contributed by atoms with E-state index in [0.717, 1.165) is 18.4 Å². The quantitative estimate of drug-likeness (QED) is 0.542. The maximum absolute atomic E-state index is 13.0. The third-order valence-corrected chi connectivity index (χ3v) is 5.58. The van der Waals surface area contributed by atoms with Gasteiger partial charge in [0.05, 0.1) is 23.4 Å². The molecular formula is C22H20N6O3. The summed E-state index contributed by atoms with van der Waals surface area (Å²) in [5.41, 5.74) is 1.10. The van der Waals surface area contributed by atoms with Crippen LogP contribution in [0.3, 0.4) is 0 Å². The summed E-state index contributed by atoms with van der Waals surface area (Å²) in [6.45, 7) is 1.18. The van der Waals surface area contributed by atoms with Gasteiger partial charge in [-0.1, -0.05) is 23.4 Å². The van der Waals surface area contributed by atoms with E-state index in [1.807, 2.05) is 29.2 Å². The summed E-state index contributed by atoms with van der Waals surface area (Å²) in [5.74, 6) is 0.969. The largest absolute Gasteiger partial charge is 0.342 e. The molecule has 1 aliphatic rings. The van der Waals surface area contributed by atoms with Crippen LogP contribution in [0.4, 0.5) is 0 Å². The van der Waals surface area contributed by atoms with Gasteiger partial charge in [-0.15, -0.1) is 0 Å². The van der Waals surface area contributed by atoms with Crippen LogP contribution in [0.25, 0.3) is 22.2 Å². The van der Waals surface area contributed by atoms with Crippen LogP contribution >= 0.6 is 0 Å². The number of piperidine rings is 1. The molecule has 1 fully saturated rings. The first-order valence-corrected chi connectivity index (χ1v) is 10.2. The number of hydrogen-bond acceptors (Lipinski definition) is 7. The van der Waals surface area contributed by atoms with E-state index >= 15 is 0 Å². The Morgan fingerprint density at radius 2 is 2.06 bits per heavy atom. The number of aromatic amines is 1. The molecule has 1 N–H and O–H groups in total. The van der Waals surface area contributed by atoms with Gasteiger partial charge in [0.1, 0.15) is 0 Å². The van der Waals surface area contributed by atoms with Gasteiger partial charge >= 0.3 is 0 Å². The number of nitrogens with zero attached hydrogens (tertiary/aromatic N) is 5. The zero-order chi connectivity index (χ0) is 21.2. The van der Waals surface area contributed by atoms with E-state index in [4.69, 9.17) is 4.52 Å². The molecule has 0 radical (unpaired) electrons. The standard InChI is InChI=1S/C22H20N6O3/c29-19(11-18-16-7-1-2-8-17(16)21(30)26-25-18)28-10-4-6-15(13-28)22-24-20(27-31-22)14-5-3-9-23-12-14/h1-3,5,7-9,12,15H,4,6,10-11,13H2,(H,26,30). The van der Waals surface area contributed by atoms with Gasteiger partial charge in [0, 0.05) is 36.4 Å². The molecule has 1 aromatic carbocycles. The molecule has 0 spiro atoms. The number of benzene rings is 1. The van der Waals surface area contributed by atoms with E-state index in [1.165, 1.54) is 0 Å². The number of hydrogen-bond donors (Lipinski definition) is 1. The highest BCUT2D eigenvalue weighted by Crippen LogP contribution is 2.28. The van der Waals surface area contributed by atoms with E-state index in [-0.39, 0.29) is 23.8 Å². The zero-order valence-electron chi connectivity index (χ0n) is 16.7. The molecule has 156 valence electrons. The number of H-pyrrole nitrogens is 1. The van der Waals surface area contributed by atoms with Crippen LogP contribution in [0.15, 0.2) is 58.1 Å². The van der Waals surface area contributed by atoms with Gasteiger partial charge in [-0.25, -0.2) is 5.10 Å². The van der Waals surface area contributed by atoms with Crippen molar-refractivity contribution in [2.24, 2.45) is 0 Å². The molecule has 0 bridgehead atoms. The Hall–Kier alpha value is -3.88. The highest BCUT2D eigenvalue weighted by Gasteiger charge is 2.29. The average Bonchev–Trinajstić information content (AvgIpc) is 3.32. The van der Waals surface area contributed by atoms with E-state index in [1.54, 1.807) is 24.5 Å². The normalized spacial score (nSPS) is 16.5. The number of nitrogens with one attached hydrogen (secondary N) is 1. The summed E-state index contributed by atoms with van der Waals surface area (Å²) < 4.78 is 5.50. The fourth-order valence-corrected chi connectivity index (χ4v) is 3.98. The van der Waals surface area contributed by atoms with Crippen molar-refractivity contribution >= 4 is 16.7 Å². The second-order valence-electron chi connectivity index (χ2n) is 7.60. The summed E-state index contributed by atoms with van der Waals surface area (Å²) in [6, 6.07) is 10.9. The number of carbonyl (C=O) groups excluding carboxylic acids is 1. The zero-order valence-corrected chi connectivity index (χ0v) is 16.7. The lowest BCUT2D eigenvalue weighted by Crippen LogP contribution is -2.40. The van der Waals surface area contributed by atoms with Crippen molar-refractivity contribution in [2.45, 2.75) is 25.2 Å². The van der Waals surface area contributed by atoms with Crippen LogP contribution in [0.2, 0.25) is 0 Å². The van der Waals surface area contributed by atoms with Gasteiger partial charge in [0.25, 0.3) is 5.56 Å². The topological polar surface area (TPSA) is 118 Å². The van der Waals surface area contributed by atoms with Crippen molar-refractivity contribution in [3.05, 3.63) is 70.7 Å². The third kappa shape index (κ3) is 3.81. The van der Waals surface area contributed by atoms with Gasteiger partial charge in [0.15, 0.2) is 0 Å². The second kappa shape index (κ2) is 8.10. The fourth-order valence-electron chi connectivity index (χ4n) is 3.98. The van der Waals surface area contributed by atoms with Crippen LogP contribution in [-0.2, 0) is 11.2 Å². The Kier molecular flexibility index (Phi) is 4.99. The molecule has 9 heteroatoms. The molecule has 0 aliphatic carbocycles. The summed E-state index contributed by atoms with van der Waals surface area (Å²) in [6.07, 6.45) is 5.22. The number of pyridine rings is 1. The van der Waals surface area contributed by atoms with Crippen molar-refractivity contribution in [3.8, 4) is 11.4 Å². The minimum absolute atomic E-state index is 0.0177. The third-order valence-electron chi connectivity index (χ3n) is 5.58. The molecule has 4 aromatic rings. The van der Waals surface area contributed by atoms with Crippen LogP contribution in [0.5, 0.6) is 0 Å². The maximum Gasteiger partial charge on any atom is 0.272 e. The average molecular weight is 416 g/mol. The minimum Gasteiger partial charge on any atom is -0.342 e. The summed E-state index contributed by atoms with van der Waals surface area (Å²) in [4.78, 5) is 35.4. The van der Waals surface area contributed by atoms with Gasteiger partial charge in [-0.3, -0.25) is 14.6 Å². The van der Waals surface area contributed by atoms with Gasteiger partial charge in [-0.2, -0.15) is 10.1 Å². The molecule has 3 aromatic heterocycles. The van der Waals surface area contributed by atoms with Crippen LogP contribution in [-0.4, -0.2) is 49.2 Å². The lowest BCUT2D eigenvalue weighted by Gasteiger charge is -2.31. The summed E-state index contributed by atoms with van der Waals surface area (Å²) >= 11 is 0. The highest BCUT2D eigenvalue weighted by molar-refractivity contribution is 5.88. The van der Waals surface area contributed by atoms with Crippen molar-refractivity contribution in [3.63, 3.8) is 0 Å².